The third kappa shape index (κ3) is 4.62. The van der Waals surface area contributed by atoms with Crippen molar-refractivity contribution in [2.24, 2.45) is 46.3 Å². The van der Waals surface area contributed by atoms with Gasteiger partial charge in [0.25, 0.3) is 0 Å². The fraction of sp³-hybridized carbons (Fsp3) is 0.963. The van der Waals surface area contributed by atoms with Crippen molar-refractivity contribution in [3.8, 4) is 0 Å². The second kappa shape index (κ2) is 9.75. The fourth-order valence-corrected chi connectivity index (χ4v) is 9.23. The molecule has 33 heavy (non-hydrogen) atoms. The lowest BCUT2D eigenvalue weighted by molar-refractivity contribution is -0.238. The highest BCUT2D eigenvalue weighted by Gasteiger charge is 2.63. The molecule has 4 saturated carbocycles. The molecule has 0 aliphatic heterocycles. The van der Waals surface area contributed by atoms with E-state index in [1.165, 1.54) is 25.7 Å². The third-order valence-electron chi connectivity index (χ3n) is 10.9. The molecule has 0 heterocycles. The average Bonchev–Trinajstić information content (AvgIpc) is 3.10. The van der Waals surface area contributed by atoms with Gasteiger partial charge < -0.3 is 20.1 Å². The minimum atomic E-state index is -0.946. The van der Waals surface area contributed by atoms with Crippen LogP contribution in [0.4, 0.5) is 0 Å². The summed E-state index contributed by atoms with van der Waals surface area (Å²) in [4.78, 5) is 11.2. The minimum absolute atomic E-state index is 0.00475. The van der Waals surface area contributed by atoms with E-state index in [9.17, 15) is 20.1 Å². The Morgan fingerprint density at radius 1 is 1.09 bits per heavy atom. The number of hydrogen-bond donors (Lipinski definition) is 4. The van der Waals surface area contributed by atoms with Crippen molar-refractivity contribution in [1.82, 2.24) is 5.32 Å². The number of carbonyl (C=O) groups is 1. The number of aliphatic hydroxyl groups is 2. The lowest BCUT2D eigenvalue weighted by Crippen LogP contribution is -2.60. The molecule has 0 amide bonds. The van der Waals surface area contributed by atoms with Crippen LogP contribution in [0.1, 0.15) is 91.9 Å². The summed E-state index contributed by atoms with van der Waals surface area (Å²) >= 11 is 0. The zero-order chi connectivity index (χ0) is 24.0. The van der Waals surface area contributed by atoms with Crippen molar-refractivity contribution < 1.29 is 24.9 Å². The number of fused-ring (bicyclic) bond motifs is 5. The lowest BCUT2D eigenvalue weighted by atomic mass is 9.43. The summed E-state index contributed by atoms with van der Waals surface area (Å²) in [5, 5.41) is 33.2. The van der Waals surface area contributed by atoms with Gasteiger partial charge in [0.1, 0.15) is 0 Å². The first kappa shape index (κ1) is 25.4. The summed E-state index contributed by atoms with van der Waals surface area (Å²) < 4.78 is 6.34. The Bertz CT molecular complexity index is 702. The topological polar surface area (TPSA) is 99.0 Å². The highest BCUT2D eigenvalue weighted by Crippen LogP contribution is 2.68. The van der Waals surface area contributed by atoms with Crippen LogP contribution in [0, 0.1) is 46.3 Å². The van der Waals surface area contributed by atoms with Gasteiger partial charge >= 0.3 is 5.97 Å². The molecular weight excluding hydrogens is 418 g/mol. The van der Waals surface area contributed by atoms with E-state index < -0.39 is 12.4 Å². The monoisotopic (exact) mass is 465 g/mol. The van der Waals surface area contributed by atoms with E-state index in [0.29, 0.717) is 42.1 Å². The van der Waals surface area contributed by atoms with Crippen molar-refractivity contribution in [3.05, 3.63) is 0 Å². The molecule has 0 aromatic heterocycles. The molecule has 0 radical (unpaired) electrons. The summed E-state index contributed by atoms with van der Waals surface area (Å²) in [5.41, 5.74) is 0.447. The Labute approximate surface area is 199 Å². The smallest absolute Gasteiger partial charge is 0.303 e. The molecule has 0 aromatic carbocycles. The van der Waals surface area contributed by atoms with Crippen LogP contribution in [0.3, 0.4) is 0 Å². The molecule has 4 fully saturated rings. The summed E-state index contributed by atoms with van der Waals surface area (Å²) in [5.74, 6) is 2.26. The number of nitrogens with one attached hydrogen (secondary N) is 1. The standard InChI is InChI=1S/C27H47NO5/c1-5-28-25(32)33-22-15-17-14-18(29)10-12-26(17,3)21-11-13-27(4)19(7-8-20(27)24(21)22)16(2)6-9-23(30)31/h16-22,24-25,28-29,32H,5-15H2,1-4H3,(H,30,31)/t16-,17+,18-,19-,20+,21+,22-,24+,25?,26+,27-/m1/s1. The van der Waals surface area contributed by atoms with Crippen LogP contribution in [0.5, 0.6) is 0 Å². The Kier molecular flexibility index (Phi) is 7.51. The number of carboxylic acids is 1. The Hall–Kier alpha value is -0.690. The van der Waals surface area contributed by atoms with Gasteiger partial charge in [-0.05, 0) is 111 Å². The second-order valence-electron chi connectivity index (χ2n) is 12.4. The molecule has 0 aromatic rings. The highest BCUT2D eigenvalue weighted by atomic mass is 16.6. The molecule has 1 unspecified atom stereocenters. The summed E-state index contributed by atoms with van der Waals surface area (Å²) in [6.45, 7) is 9.84. The first-order valence-corrected chi connectivity index (χ1v) is 13.6. The van der Waals surface area contributed by atoms with Gasteiger partial charge in [-0.2, -0.15) is 0 Å². The number of aliphatic hydroxyl groups excluding tert-OH is 2. The van der Waals surface area contributed by atoms with Crippen LogP contribution < -0.4 is 5.32 Å². The van der Waals surface area contributed by atoms with Crippen molar-refractivity contribution in [1.29, 1.82) is 0 Å². The van der Waals surface area contributed by atoms with E-state index >= 15 is 0 Å². The molecule has 4 aliphatic rings. The number of ether oxygens (including phenoxy) is 1. The van der Waals surface area contributed by atoms with Gasteiger partial charge in [-0.3, -0.25) is 10.1 Å². The normalized spacial score (nSPS) is 46.7. The predicted molar refractivity (Wildman–Crippen MR) is 127 cm³/mol. The van der Waals surface area contributed by atoms with Gasteiger partial charge in [-0.25, -0.2) is 0 Å². The maximum absolute atomic E-state index is 11.2. The van der Waals surface area contributed by atoms with Crippen molar-refractivity contribution in [3.63, 3.8) is 0 Å². The van der Waals surface area contributed by atoms with Gasteiger partial charge in [0.2, 0.25) is 6.41 Å². The summed E-state index contributed by atoms with van der Waals surface area (Å²) in [6, 6.07) is 0. The van der Waals surface area contributed by atoms with E-state index in [1.54, 1.807) is 0 Å². The SMILES string of the molecule is CCNC(O)O[C@@H]1C[C@@H]2C[C@H](O)CC[C@]2(C)[C@H]2CC[C@]3(C)[C@@H]([C@H](C)CCC(=O)O)CC[C@H]3[C@H]12. The zero-order valence-corrected chi connectivity index (χ0v) is 21.1. The van der Waals surface area contributed by atoms with Crippen LogP contribution in [0.15, 0.2) is 0 Å². The molecule has 0 saturated heterocycles. The third-order valence-corrected chi connectivity index (χ3v) is 10.9. The average molecular weight is 466 g/mol. The maximum atomic E-state index is 11.2. The molecule has 11 atom stereocenters. The van der Waals surface area contributed by atoms with E-state index in [4.69, 9.17) is 4.74 Å². The van der Waals surface area contributed by atoms with E-state index in [0.717, 1.165) is 32.1 Å². The van der Waals surface area contributed by atoms with Crippen molar-refractivity contribution in [2.75, 3.05) is 6.54 Å². The number of carboxylic acid groups (broad SMARTS) is 1. The van der Waals surface area contributed by atoms with E-state index in [-0.39, 0.29) is 29.5 Å². The van der Waals surface area contributed by atoms with Gasteiger partial charge in [0.05, 0.1) is 12.2 Å². The van der Waals surface area contributed by atoms with Gasteiger partial charge in [0.15, 0.2) is 0 Å². The molecule has 0 bridgehead atoms. The first-order chi connectivity index (χ1) is 15.6. The van der Waals surface area contributed by atoms with Gasteiger partial charge in [0, 0.05) is 6.42 Å². The zero-order valence-electron chi connectivity index (χ0n) is 21.1. The second-order valence-corrected chi connectivity index (χ2v) is 12.4. The Balaban J connectivity index is 1.61. The molecule has 6 heteroatoms. The molecule has 190 valence electrons. The first-order valence-electron chi connectivity index (χ1n) is 13.6. The van der Waals surface area contributed by atoms with E-state index in [2.05, 4.69) is 26.1 Å². The van der Waals surface area contributed by atoms with Crippen LogP contribution in [-0.2, 0) is 9.53 Å². The largest absolute Gasteiger partial charge is 0.481 e. The lowest BCUT2D eigenvalue weighted by Gasteiger charge is -2.63. The minimum Gasteiger partial charge on any atom is -0.481 e. The predicted octanol–water partition coefficient (Wildman–Crippen LogP) is 4.39. The van der Waals surface area contributed by atoms with Gasteiger partial charge in [-0.1, -0.05) is 27.7 Å². The molecule has 4 rings (SSSR count). The highest BCUT2D eigenvalue weighted by molar-refractivity contribution is 5.66. The number of aliphatic carboxylic acids is 1. The Morgan fingerprint density at radius 2 is 1.79 bits per heavy atom. The summed E-state index contributed by atoms with van der Waals surface area (Å²) in [7, 11) is 0. The van der Waals surface area contributed by atoms with Crippen LogP contribution in [-0.4, -0.2) is 46.5 Å². The molecular formula is C27H47NO5. The molecule has 0 spiro atoms. The Morgan fingerprint density at radius 3 is 2.48 bits per heavy atom. The molecule has 6 nitrogen and oxygen atoms in total. The van der Waals surface area contributed by atoms with Gasteiger partial charge in [-0.15, -0.1) is 0 Å². The van der Waals surface area contributed by atoms with E-state index in [1.807, 2.05) is 6.92 Å². The number of rotatable bonds is 8. The van der Waals surface area contributed by atoms with Crippen molar-refractivity contribution in [2.45, 2.75) is 111 Å². The summed E-state index contributed by atoms with van der Waals surface area (Å²) in [6.07, 6.45) is 8.36. The number of hydrogen-bond acceptors (Lipinski definition) is 5. The maximum Gasteiger partial charge on any atom is 0.303 e. The van der Waals surface area contributed by atoms with Crippen LogP contribution in [0.2, 0.25) is 0 Å². The van der Waals surface area contributed by atoms with Crippen LogP contribution >= 0.6 is 0 Å². The molecule has 4 aliphatic carbocycles. The van der Waals surface area contributed by atoms with Crippen molar-refractivity contribution >= 4 is 5.97 Å². The van der Waals surface area contributed by atoms with Crippen LogP contribution in [0.25, 0.3) is 0 Å². The molecule has 4 N–H and O–H groups in total. The quantitative estimate of drug-likeness (QED) is 0.397. The fourth-order valence-electron chi connectivity index (χ4n) is 9.23.